The molecule has 0 saturated heterocycles. The zero-order valence-corrected chi connectivity index (χ0v) is 25.9. The zero-order valence-electron chi connectivity index (χ0n) is 24.9. The van der Waals surface area contributed by atoms with Crippen molar-refractivity contribution in [2.24, 2.45) is 5.92 Å². The summed E-state index contributed by atoms with van der Waals surface area (Å²) in [5.41, 5.74) is 5.74. The fourth-order valence-electron chi connectivity index (χ4n) is 5.71. The average Bonchev–Trinajstić information content (AvgIpc) is 2.89. The molecule has 38 heavy (non-hydrogen) atoms. The van der Waals surface area contributed by atoms with Crippen molar-refractivity contribution in [3.63, 3.8) is 0 Å². The molecule has 3 rings (SSSR count). The topological polar surface area (TPSA) is 9.23 Å². The van der Waals surface area contributed by atoms with E-state index in [0.29, 0.717) is 12.5 Å². The van der Waals surface area contributed by atoms with Crippen molar-refractivity contribution in [1.82, 2.24) is 0 Å². The SMILES string of the molecule is C=C(CO[Si](c1ccccc1)(c1ccccc1)C(C)(C)C)[C@H]1C/C=C(\C)CC/C=C(\C)CC/C=C(\C)CC1. The summed E-state index contributed by atoms with van der Waals surface area (Å²) in [6.45, 7) is 19.2. The van der Waals surface area contributed by atoms with Crippen LogP contribution in [-0.2, 0) is 4.43 Å². The summed E-state index contributed by atoms with van der Waals surface area (Å²) in [6, 6.07) is 21.9. The van der Waals surface area contributed by atoms with Crippen molar-refractivity contribution in [3.05, 3.63) is 108 Å². The van der Waals surface area contributed by atoms with Gasteiger partial charge in [-0.15, -0.1) is 0 Å². The largest absolute Gasteiger partial charge is 0.403 e. The second kappa shape index (κ2) is 14.1. The second-order valence-corrected chi connectivity index (χ2v) is 16.6. The lowest BCUT2D eigenvalue weighted by molar-refractivity contribution is 0.312. The second-order valence-electron chi connectivity index (χ2n) is 12.3. The zero-order chi connectivity index (χ0) is 27.6. The smallest absolute Gasteiger partial charge is 0.261 e. The Balaban J connectivity index is 1.89. The van der Waals surface area contributed by atoms with Crippen LogP contribution in [0, 0.1) is 5.92 Å². The molecule has 0 bridgehead atoms. The molecule has 1 aliphatic rings. The lowest BCUT2D eigenvalue weighted by atomic mass is 9.89. The molecule has 1 aliphatic carbocycles. The van der Waals surface area contributed by atoms with Crippen LogP contribution < -0.4 is 10.4 Å². The lowest BCUT2D eigenvalue weighted by Crippen LogP contribution is -2.66. The van der Waals surface area contributed by atoms with E-state index >= 15 is 0 Å². The monoisotopic (exact) mass is 526 g/mol. The first-order valence-electron chi connectivity index (χ1n) is 14.5. The molecule has 1 atom stereocenters. The van der Waals surface area contributed by atoms with E-state index in [9.17, 15) is 0 Å². The van der Waals surface area contributed by atoms with Crippen LogP contribution in [0.5, 0.6) is 0 Å². The summed E-state index contributed by atoms with van der Waals surface area (Å²) in [7, 11) is -2.57. The number of hydrogen-bond donors (Lipinski definition) is 0. The molecule has 2 heteroatoms. The fourth-order valence-corrected chi connectivity index (χ4v) is 10.3. The van der Waals surface area contributed by atoms with Crippen molar-refractivity contribution < 1.29 is 4.43 Å². The minimum atomic E-state index is -2.57. The van der Waals surface area contributed by atoms with Gasteiger partial charge in [-0.3, -0.25) is 0 Å². The normalized spacial score (nSPS) is 22.7. The van der Waals surface area contributed by atoms with E-state index < -0.39 is 8.32 Å². The predicted octanol–water partition coefficient (Wildman–Crippen LogP) is 9.32. The molecule has 0 radical (unpaired) electrons. The molecule has 0 spiro atoms. The van der Waals surface area contributed by atoms with Crippen LogP contribution in [0.4, 0.5) is 0 Å². The fraction of sp³-hybridized carbons (Fsp3) is 0.444. The maximum absolute atomic E-state index is 7.25. The molecule has 2 aromatic rings. The highest BCUT2D eigenvalue weighted by molar-refractivity contribution is 6.99. The summed E-state index contributed by atoms with van der Waals surface area (Å²) >= 11 is 0. The van der Waals surface area contributed by atoms with E-state index in [0.717, 1.165) is 38.5 Å². The number of benzene rings is 2. The minimum absolute atomic E-state index is 0.0271. The first kappa shape index (κ1) is 30.1. The van der Waals surface area contributed by atoms with Gasteiger partial charge in [0.2, 0.25) is 0 Å². The molecule has 0 fully saturated rings. The van der Waals surface area contributed by atoms with E-state index in [2.05, 4.69) is 127 Å². The van der Waals surface area contributed by atoms with Gasteiger partial charge in [-0.1, -0.05) is 123 Å². The quantitative estimate of drug-likeness (QED) is 0.269. The van der Waals surface area contributed by atoms with Crippen LogP contribution >= 0.6 is 0 Å². The average molecular weight is 527 g/mol. The summed E-state index contributed by atoms with van der Waals surface area (Å²) in [4.78, 5) is 0. The number of rotatable bonds is 6. The van der Waals surface area contributed by atoms with Crippen molar-refractivity contribution in [3.8, 4) is 0 Å². The molecule has 0 N–H and O–H groups in total. The molecule has 2 aromatic carbocycles. The van der Waals surface area contributed by atoms with Crippen molar-refractivity contribution in [1.29, 1.82) is 0 Å². The van der Waals surface area contributed by atoms with Gasteiger partial charge in [0.15, 0.2) is 0 Å². The van der Waals surface area contributed by atoms with Gasteiger partial charge in [-0.05, 0) is 92.6 Å². The number of hydrogen-bond acceptors (Lipinski definition) is 1. The lowest BCUT2D eigenvalue weighted by Gasteiger charge is -2.43. The minimum Gasteiger partial charge on any atom is -0.403 e. The van der Waals surface area contributed by atoms with Crippen LogP contribution in [-0.4, -0.2) is 14.9 Å². The Hall–Kier alpha value is -2.42. The van der Waals surface area contributed by atoms with Crippen LogP contribution in [0.3, 0.4) is 0 Å². The maximum Gasteiger partial charge on any atom is 0.261 e. The van der Waals surface area contributed by atoms with E-state index in [1.54, 1.807) is 0 Å². The van der Waals surface area contributed by atoms with Gasteiger partial charge < -0.3 is 4.43 Å². The van der Waals surface area contributed by atoms with Crippen LogP contribution in [0.2, 0.25) is 5.04 Å². The van der Waals surface area contributed by atoms with Gasteiger partial charge in [0.25, 0.3) is 8.32 Å². The summed E-state index contributed by atoms with van der Waals surface area (Å²) in [5.74, 6) is 0.423. The van der Waals surface area contributed by atoms with Gasteiger partial charge in [0, 0.05) is 0 Å². The first-order chi connectivity index (χ1) is 18.1. The van der Waals surface area contributed by atoms with Gasteiger partial charge >= 0.3 is 0 Å². The van der Waals surface area contributed by atoms with Gasteiger partial charge in [-0.2, -0.15) is 0 Å². The Bertz CT molecular complexity index is 1080. The highest BCUT2D eigenvalue weighted by atomic mass is 28.4. The van der Waals surface area contributed by atoms with Gasteiger partial charge in [0.1, 0.15) is 0 Å². The standard InChI is InChI=1S/C36H50OSi/c1-29-16-14-18-30(2)24-26-33(27-25-31(3)19-15-17-29)32(4)28-37-38(36(5,6)7,34-20-10-8-11-21-34)35-22-12-9-13-23-35/h8-13,16,19-24,33H,4,14-15,17-18,25-28H2,1-3,5-7H3/b29-16+,30-24+,31-19+/t33-/m0/s1. The molecule has 0 aliphatic heterocycles. The Morgan fingerprint density at radius 3 is 1.74 bits per heavy atom. The van der Waals surface area contributed by atoms with Gasteiger partial charge in [-0.25, -0.2) is 0 Å². The molecule has 0 heterocycles. The highest BCUT2D eigenvalue weighted by Gasteiger charge is 2.50. The van der Waals surface area contributed by atoms with E-state index in [4.69, 9.17) is 4.43 Å². The Morgan fingerprint density at radius 2 is 1.24 bits per heavy atom. The Kier molecular flexibility index (Phi) is 11.2. The van der Waals surface area contributed by atoms with E-state index in [1.165, 1.54) is 39.1 Å². The third-order valence-corrected chi connectivity index (χ3v) is 13.2. The Morgan fingerprint density at radius 1 is 0.763 bits per heavy atom. The van der Waals surface area contributed by atoms with Crippen molar-refractivity contribution in [2.75, 3.05) is 6.61 Å². The summed E-state index contributed by atoms with van der Waals surface area (Å²) in [5, 5.41) is 2.63. The van der Waals surface area contributed by atoms with E-state index in [-0.39, 0.29) is 5.04 Å². The van der Waals surface area contributed by atoms with Crippen molar-refractivity contribution in [2.45, 2.75) is 91.5 Å². The van der Waals surface area contributed by atoms with Crippen LogP contribution in [0.1, 0.15) is 86.5 Å². The first-order valence-corrected chi connectivity index (χ1v) is 16.4. The molecule has 204 valence electrons. The summed E-state index contributed by atoms with van der Waals surface area (Å²) in [6.07, 6.45) is 15.2. The maximum atomic E-state index is 7.25. The van der Waals surface area contributed by atoms with E-state index in [1.807, 2.05) is 0 Å². The highest BCUT2D eigenvalue weighted by Crippen LogP contribution is 2.37. The van der Waals surface area contributed by atoms with Crippen LogP contribution in [0.25, 0.3) is 0 Å². The third kappa shape index (κ3) is 8.04. The van der Waals surface area contributed by atoms with Crippen LogP contribution in [0.15, 0.2) is 108 Å². The Labute approximate surface area is 234 Å². The molecule has 0 amide bonds. The van der Waals surface area contributed by atoms with Gasteiger partial charge in [0.05, 0.1) is 6.61 Å². The third-order valence-electron chi connectivity index (χ3n) is 8.17. The van der Waals surface area contributed by atoms with Crippen molar-refractivity contribution >= 4 is 18.7 Å². The molecule has 0 aromatic heterocycles. The molecule has 1 nitrogen and oxygen atoms in total. The number of allylic oxidation sites excluding steroid dienone is 6. The summed E-state index contributed by atoms with van der Waals surface area (Å²) < 4.78 is 7.25. The molecule has 0 saturated carbocycles. The molecular formula is C36H50OSi. The predicted molar refractivity (Wildman–Crippen MR) is 170 cm³/mol. The molecular weight excluding hydrogens is 476 g/mol. The molecule has 0 unspecified atom stereocenters.